The Morgan fingerprint density at radius 2 is 1.90 bits per heavy atom. The molecule has 1 unspecified atom stereocenters. The highest BCUT2D eigenvalue weighted by Gasteiger charge is 2.15. The largest absolute Gasteiger partial charge is 0.371 e. The van der Waals surface area contributed by atoms with Crippen molar-refractivity contribution in [2.24, 2.45) is 0 Å². The first-order valence-electron chi connectivity index (χ1n) is 10.3. The maximum absolute atomic E-state index is 13.9. The average molecular weight is 476 g/mol. The molecule has 0 saturated carbocycles. The van der Waals surface area contributed by atoms with Crippen molar-refractivity contribution in [2.45, 2.75) is 45.1 Å². The number of amides is 2. The van der Waals surface area contributed by atoms with Gasteiger partial charge in [-0.2, -0.15) is 0 Å². The molecule has 0 radical (unpaired) electrons. The van der Waals surface area contributed by atoms with Gasteiger partial charge in [-0.25, -0.2) is 4.39 Å². The van der Waals surface area contributed by atoms with E-state index < -0.39 is 0 Å². The zero-order valence-electron chi connectivity index (χ0n) is 17.1. The standard InChI is InChI=1S/C23H27BrFN3O2/c1-16(26-22(29)10-8-17-7-9-18(24)14-21(17)25)13-23(30)27-19-5-4-6-20(15-19)28-11-2-3-12-28/h4-7,9,14-16H,2-3,8,10-13H2,1H3,(H,26,29)(H,27,30). The molecule has 2 amide bonds. The summed E-state index contributed by atoms with van der Waals surface area (Å²) in [5.41, 5.74) is 2.37. The predicted molar refractivity (Wildman–Crippen MR) is 121 cm³/mol. The van der Waals surface area contributed by atoms with Crippen LogP contribution in [0, 0.1) is 5.82 Å². The monoisotopic (exact) mass is 475 g/mol. The Morgan fingerprint density at radius 3 is 2.63 bits per heavy atom. The number of rotatable bonds is 8. The van der Waals surface area contributed by atoms with Crippen LogP contribution in [-0.2, 0) is 16.0 Å². The van der Waals surface area contributed by atoms with Crippen molar-refractivity contribution < 1.29 is 14.0 Å². The molecule has 1 heterocycles. The molecule has 30 heavy (non-hydrogen) atoms. The summed E-state index contributed by atoms with van der Waals surface area (Å²) in [6, 6.07) is 12.3. The van der Waals surface area contributed by atoms with E-state index in [1.54, 1.807) is 19.1 Å². The van der Waals surface area contributed by atoms with Gasteiger partial charge in [-0.1, -0.05) is 28.1 Å². The lowest BCUT2D eigenvalue weighted by Gasteiger charge is -2.19. The molecular weight excluding hydrogens is 449 g/mol. The maximum Gasteiger partial charge on any atom is 0.226 e. The summed E-state index contributed by atoms with van der Waals surface area (Å²) in [4.78, 5) is 26.8. The number of halogens is 2. The van der Waals surface area contributed by atoms with Gasteiger partial charge in [0.1, 0.15) is 5.82 Å². The minimum absolute atomic E-state index is 0.152. The molecule has 0 aromatic heterocycles. The fraction of sp³-hybridized carbons (Fsp3) is 0.391. The van der Waals surface area contributed by atoms with Crippen LogP contribution in [0.2, 0.25) is 0 Å². The normalized spacial score (nSPS) is 14.4. The number of nitrogens with one attached hydrogen (secondary N) is 2. The van der Waals surface area contributed by atoms with Crippen molar-refractivity contribution >= 4 is 39.1 Å². The van der Waals surface area contributed by atoms with E-state index in [-0.39, 0.29) is 36.5 Å². The Balaban J connectivity index is 1.43. The Hall–Kier alpha value is -2.41. The molecule has 160 valence electrons. The fourth-order valence-electron chi connectivity index (χ4n) is 3.62. The molecule has 2 aromatic carbocycles. The Labute approximate surface area is 185 Å². The lowest BCUT2D eigenvalue weighted by Crippen LogP contribution is -2.35. The Morgan fingerprint density at radius 1 is 1.13 bits per heavy atom. The summed E-state index contributed by atoms with van der Waals surface area (Å²) in [5.74, 6) is -0.685. The molecule has 1 atom stereocenters. The van der Waals surface area contributed by atoms with Crippen molar-refractivity contribution in [2.75, 3.05) is 23.3 Å². The SMILES string of the molecule is CC(CC(=O)Nc1cccc(N2CCCC2)c1)NC(=O)CCc1ccc(Br)cc1F. The lowest BCUT2D eigenvalue weighted by atomic mass is 10.1. The molecule has 2 aromatic rings. The van der Waals surface area contributed by atoms with E-state index in [4.69, 9.17) is 0 Å². The highest BCUT2D eigenvalue weighted by molar-refractivity contribution is 9.10. The number of aryl methyl sites for hydroxylation is 1. The van der Waals surface area contributed by atoms with Crippen molar-refractivity contribution in [3.63, 3.8) is 0 Å². The molecule has 1 aliphatic heterocycles. The molecule has 1 aliphatic rings. The van der Waals surface area contributed by atoms with Gasteiger partial charge in [0.15, 0.2) is 0 Å². The Kier molecular flexibility index (Phi) is 7.85. The number of carbonyl (C=O) groups excluding carboxylic acids is 2. The third kappa shape index (κ3) is 6.55. The van der Waals surface area contributed by atoms with Crippen LogP contribution >= 0.6 is 15.9 Å². The highest BCUT2D eigenvalue weighted by atomic mass is 79.9. The van der Waals surface area contributed by atoms with E-state index in [0.29, 0.717) is 16.5 Å². The van der Waals surface area contributed by atoms with Gasteiger partial charge < -0.3 is 15.5 Å². The maximum atomic E-state index is 13.9. The van der Waals surface area contributed by atoms with Crippen LogP contribution in [0.5, 0.6) is 0 Å². The quantitative estimate of drug-likeness (QED) is 0.583. The van der Waals surface area contributed by atoms with E-state index in [9.17, 15) is 14.0 Å². The first-order valence-corrected chi connectivity index (χ1v) is 11.1. The van der Waals surface area contributed by atoms with Gasteiger partial charge in [-0.15, -0.1) is 0 Å². The molecule has 3 rings (SSSR count). The van der Waals surface area contributed by atoms with E-state index in [0.717, 1.165) is 24.5 Å². The summed E-state index contributed by atoms with van der Waals surface area (Å²) in [7, 11) is 0. The van der Waals surface area contributed by atoms with E-state index in [1.165, 1.54) is 18.9 Å². The molecule has 5 nitrogen and oxygen atoms in total. The van der Waals surface area contributed by atoms with Crippen molar-refractivity contribution in [1.82, 2.24) is 5.32 Å². The molecule has 2 N–H and O–H groups in total. The summed E-state index contributed by atoms with van der Waals surface area (Å²) in [5, 5.41) is 5.72. The first kappa shape index (κ1) is 22.3. The molecule has 7 heteroatoms. The average Bonchev–Trinajstić information content (AvgIpc) is 3.22. The van der Waals surface area contributed by atoms with Crippen LogP contribution in [0.3, 0.4) is 0 Å². The number of anilines is 2. The second-order valence-corrected chi connectivity index (χ2v) is 8.62. The molecule has 0 spiro atoms. The van der Waals surface area contributed by atoms with E-state index >= 15 is 0 Å². The molecule has 1 saturated heterocycles. The predicted octanol–water partition coefficient (Wildman–Crippen LogP) is 4.65. The zero-order valence-corrected chi connectivity index (χ0v) is 18.7. The topological polar surface area (TPSA) is 61.4 Å². The third-order valence-electron chi connectivity index (χ3n) is 5.14. The summed E-state index contributed by atoms with van der Waals surface area (Å²) >= 11 is 3.22. The minimum atomic E-state index is -0.333. The van der Waals surface area contributed by atoms with Crippen LogP contribution in [0.15, 0.2) is 46.9 Å². The van der Waals surface area contributed by atoms with Gasteiger partial charge in [0, 0.05) is 47.8 Å². The van der Waals surface area contributed by atoms with Crippen LogP contribution in [-0.4, -0.2) is 30.9 Å². The van der Waals surface area contributed by atoms with Gasteiger partial charge in [0.25, 0.3) is 0 Å². The summed E-state index contributed by atoms with van der Waals surface area (Å²) in [6.45, 7) is 3.88. The van der Waals surface area contributed by atoms with E-state index in [1.807, 2.05) is 18.2 Å². The van der Waals surface area contributed by atoms with Crippen LogP contribution in [0.1, 0.15) is 38.2 Å². The molecule has 0 aliphatic carbocycles. The number of carbonyl (C=O) groups is 2. The van der Waals surface area contributed by atoms with Crippen LogP contribution in [0.25, 0.3) is 0 Å². The van der Waals surface area contributed by atoms with Gasteiger partial charge in [0.2, 0.25) is 11.8 Å². The van der Waals surface area contributed by atoms with E-state index in [2.05, 4.69) is 37.5 Å². The van der Waals surface area contributed by atoms with Crippen molar-refractivity contribution in [1.29, 1.82) is 0 Å². The summed E-state index contributed by atoms with van der Waals surface area (Å²) < 4.78 is 14.5. The molecular formula is C23H27BrFN3O2. The van der Waals surface area contributed by atoms with Gasteiger partial charge in [-0.05, 0) is 62.1 Å². The van der Waals surface area contributed by atoms with Crippen LogP contribution < -0.4 is 15.5 Å². The fourth-order valence-corrected chi connectivity index (χ4v) is 3.95. The molecule has 0 bridgehead atoms. The lowest BCUT2D eigenvalue weighted by molar-refractivity contribution is -0.122. The van der Waals surface area contributed by atoms with Gasteiger partial charge in [0.05, 0.1) is 0 Å². The van der Waals surface area contributed by atoms with Crippen molar-refractivity contribution in [3.05, 3.63) is 58.3 Å². The zero-order chi connectivity index (χ0) is 21.5. The third-order valence-corrected chi connectivity index (χ3v) is 5.63. The van der Waals surface area contributed by atoms with Crippen molar-refractivity contribution in [3.8, 4) is 0 Å². The number of benzene rings is 2. The smallest absolute Gasteiger partial charge is 0.226 e. The highest BCUT2D eigenvalue weighted by Crippen LogP contribution is 2.23. The van der Waals surface area contributed by atoms with Crippen LogP contribution in [0.4, 0.5) is 15.8 Å². The minimum Gasteiger partial charge on any atom is -0.371 e. The second kappa shape index (κ2) is 10.6. The summed E-state index contributed by atoms with van der Waals surface area (Å²) in [6.07, 6.45) is 3.05. The second-order valence-electron chi connectivity index (χ2n) is 7.70. The Bertz CT molecular complexity index is 900. The van der Waals surface area contributed by atoms with Gasteiger partial charge in [-0.3, -0.25) is 9.59 Å². The number of hydrogen-bond acceptors (Lipinski definition) is 3. The van der Waals surface area contributed by atoms with Gasteiger partial charge >= 0.3 is 0 Å². The number of nitrogens with zero attached hydrogens (tertiary/aromatic N) is 1. The molecule has 1 fully saturated rings. The first-order chi connectivity index (χ1) is 14.4. The number of hydrogen-bond donors (Lipinski definition) is 2.